The molecule has 0 aromatic carbocycles. The highest BCUT2D eigenvalue weighted by Crippen LogP contribution is 2.07. The van der Waals surface area contributed by atoms with Gasteiger partial charge >= 0.3 is 0 Å². The van der Waals surface area contributed by atoms with Gasteiger partial charge in [-0.25, -0.2) is 0 Å². The van der Waals surface area contributed by atoms with Crippen LogP contribution in [0.15, 0.2) is 0 Å². The lowest BCUT2D eigenvalue weighted by Crippen LogP contribution is -2.56. The van der Waals surface area contributed by atoms with Gasteiger partial charge in [-0.2, -0.15) is 0 Å². The van der Waals surface area contributed by atoms with Gasteiger partial charge in [0.05, 0.1) is 6.04 Å². The summed E-state index contributed by atoms with van der Waals surface area (Å²) in [6.45, 7) is 10.8. The summed E-state index contributed by atoms with van der Waals surface area (Å²) < 4.78 is 0. The number of piperazine rings is 1. The first kappa shape index (κ1) is 15.9. The molecule has 0 radical (unpaired) electrons. The van der Waals surface area contributed by atoms with E-state index >= 15 is 0 Å². The molecule has 0 aromatic rings. The molecule has 0 unspecified atom stereocenters. The zero-order chi connectivity index (χ0) is 14.6. The average molecular weight is 270 g/mol. The molecule has 0 spiro atoms. The molecule has 110 valence electrons. The molecule has 1 fully saturated rings. The van der Waals surface area contributed by atoms with Crippen molar-refractivity contribution >= 4 is 11.8 Å². The van der Waals surface area contributed by atoms with E-state index in [1.165, 1.54) is 0 Å². The summed E-state index contributed by atoms with van der Waals surface area (Å²) in [4.78, 5) is 27.8. The lowest BCUT2D eigenvalue weighted by Gasteiger charge is -2.38. The van der Waals surface area contributed by atoms with Gasteiger partial charge in [-0.3, -0.25) is 14.5 Å². The average Bonchev–Trinajstić information content (AvgIpc) is 2.37. The highest BCUT2D eigenvalue weighted by Gasteiger charge is 2.26. The minimum atomic E-state index is -0.590. The summed E-state index contributed by atoms with van der Waals surface area (Å²) in [6, 6.07) is -0.593. The Morgan fingerprint density at radius 2 is 1.58 bits per heavy atom. The van der Waals surface area contributed by atoms with Gasteiger partial charge in [0, 0.05) is 32.2 Å². The van der Waals surface area contributed by atoms with E-state index in [1.807, 2.05) is 4.90 Å². The number of nitrogens with two attached hydrogens (primary N) is 1. The Morgan fingerprint density at radius 1 is 1.05 bits per heavy atom. The van der Waals surface area contributed by atoms with Crippen molar-refractivity contribution in [2.24, 2.45) is 5.73 Å². The Balaban J connectivity index is 2.44. The standard InChI is InChI=1S/C13H26N4O2/c1-9(2)16-5-7-17(8-6-16)13(19)11(4)15-12(18)10(3)14/h9-11H,5-8,14H2,1-4H3,(H,15,18)/t10-,11-/m1/s1. The lowest BCUT2D eigenvalue weighted by atomic mass is 10.2. The predicted octanol–water partition coefficient (Wildman–Crippen LogP) is -0.609. The van der Waals surface area contributed by atoms with Crippen LogP contribution in [0.1, 0.15) is 27.7 Å². The number of carbonyl (C=O) groups excluding carboxylic acids is 2. The molecule has 0 bridgehead atoms. The van der Waals surface area contributed by atoms with Crippen LogP contribution in [0.4, 0.5) is 0 Å². The summed E-state index contributed by atoms with van der Waals surface area (Å²) in [6.07, 6.45) is 0. The molecule has 1 aliphatic rings. The molecule has 6 heteroatoms. The van der Waals surface area contributed by atoms with E-state index in [0.29, 0.717) is 6.04 Å². The second-order valence-electron chi connectivity index (χ2n) is 5.47. The maximum atomic E-state index is 12.2. The minimum Gasteiger partial charge on any atom is -0.343 e. The molecule has 2 atom stereocenters. The molecule has 1 saturated heterocycles. The van der Waals surface area contributed by atoms with E-state index in [-0.39, 0.29) is 11.8 Å². The Bertz CT molecular complexity index is 323. The van der Waals surface area contributed by atoms with Crippen molar-refractivity contribution in [1.29, 1.82) is 0 Å². The number of amides is 2. The number of nitrogens with zero attached hydrogens (tertiary/aromatic N) is 2. The highest BCUT2D eigenvalue weighted by atomic mass is 16.2. The molecule has 2 amide bonds. The third-order valence-corrected chi connectivity index (χ3v) is 3.50. The molecular weight excluding hydrogens is 244 g/mol. The normalized spacial score (nSPS) is 20.2. The highest BCUT2D eigenvalue weighted by molar-refractivity contribution is 5.89. The zero-order valence-corrected chi connectivity index (χ0v) is 12.3. The minimum absolute atomic E-state index is 0.0302. The molecule has 0 aromatic heterocycles. The van der Waals surface area contributed by atoms with Crippen LogP contribution in [0.2, 0.25) is 0 Å². The SMILES string of the molecule is CC(C)N1CCN(C(=O)[C@@H](C)NC(=O)[C@@H](C)N)CC1. The van der Waals surface area contributed by atoms with E-state index in [2.05, 4.69) is 24.1 Å². The summed E-state index contributed by atoms with van der Waals surface area (Å²) in [5, 5.41) is 2.64. The molecule has 0 aliphatic carbocycles. The largest absolute Gasteiger partial charge is 0.343 e. The van der Waals surface area contributed by atoms with Crippen molar-refractivity contribution < 1.29 is 9.59 Å². The van der Waals surface area contributed by atoms with Crippen molar-refractivity contribution in [3.63, 3.8) is 0 Å². The van der Waals surface area contributed by atoms with Crippen LogP contribution < -0.4 is 11.1 Å². The van der Waals surface area contributed by atoms with Crippen molar-refractivity contribution in [3.8, 4) is 0 Å². The van der Waals surface area contributed by atoms with E-state index in [4.69, 9.17) is 5.73 Å². The molecule has 1 rings (SSSR count). The van der Waals surface area contributed by atoms with Gasteiger partial charge in [-0.05, 0) is 27.7 Å². The van der Waals surface area contributed by atoms with Crippen molar-refractivity contribution in [2.75, 3.05) is 26.2 Å². The van der Waals surface area contributed by atoms with E-state index in [9.17, 15) is 9.59 Å². The topological polar surface area (TPSA) is 78.7 Å². The van der Waals surface area contributed by atoms with Crippen LogP contribution in [-0.2, 0) is 9.59 Å². The Kier molecular flexibility index (Phi) is 5.75. The maximum absolute atomic E-state index is 12.2. The Labute approximate surface area is 115 Å². The number of hydrogen-bond acceptors (Lipinski definition) is 4. The second kappa shape index (κ2) is 6.86. The molecule has 19 heavy (non-hydrogen) atoms. The van der Waals surface area contributed by atoms with Crippen LogP contribution in [0, 0.1) is 0 Å². The summed E-state index contributed by atoms with van der Waals surface area (Å²) >= 11 is 0. The first-order chi connectivity index (χ1) is 8.82. The van der Waals surface area contributed by atoms with Crippen molar-refractivity contribution in [2.45, 2.75) is 45.8 Å². The maximum Gasteiger partial charge on any atom is 0.244 e. The van der Waals surface area contributed by atoms with Crippen LogP contribution >= 0.6 is 0 Å². The van der Waals surface area contributed by atoms with Crippen LogP contribution in [0.3, 0.4) is 0 Å². The van der Waals surface area contributed by atoms with E-state index < -0.39 is 12.1 Å². The number of hydrogen-bond donors (Lipinski definition) is 2. The zero-order valence-electron chi connectivity index (χ0n) is 12.3. The van der Waals surface area contributed by atoms with Gasteiger partial charge in [0.15, 0.2) is 0 Å². The second-order valence-corrected chi connectivity index (χ2v) is 5.47. The van der Waals surface area contributed by atoms with Crippen molar-refractivity contribution in [1.82, 2.24) is 15.1 Å². The summed E-state index contributed by atoms with van der Waals surface area (Å²) in [5.74, 6) is -0.320. The van der Waals surface area contributed by atoms with E-state index in [1.54, 1.807) is 13.8 Å². The smallest absolute Gasteiger partial charge is 0.244 e. The third kappa shape index (κ3) is 4.47. The van der Waals surface area contributed by atoms with E-state index in [0.717, 1.165) is 26.2 Å². The fourth-order valence-corrected chi connectivity index (χ4v) is 2.14. The molecule has 3 N–H and O–H groups in total. The van der Waals surface area contributed by atoms with Gasteiger partial charge in [0.1, 0.15) is 6.04 Å². The van der Waals surface area contributed by atoms with Gasteiger partial charge in [0.25, 0.3) is 0 Å². The van der Waals surface area contributed by atoms with Gasteiger partial charge in [-0.1, -0.05) is 0 Å². The van der Waals surface area contributed by atoms with Crippen LogP contribution in [0.5, 0.6) is 0 Å². The van der Waals surface area contributed by atoms with Crippen LogP contribution in [-0.4, -0.2) is 65.9 Å². The van der Waals surface area contributed by atoms with Crippen molar-refractivity contribution in [3.05, 3.63) is 0 Å². The first-order valence-electron chi connectivity index (χ1n) is 6.91. The molecule has 0 saturated carbocycles. The number of rotatable bonds is 4. The molecular formula is C13H26N4O2. The molecule has 1 heterocycles. The monoisotopic (exact) mass is 270 g/mol. The summed E-state index contributed by atoms with van der Waals surface area (Å²) in [5.41, 5.74) is 5.47. The first-order valence-corrected chi connectivity index (χ1v) is 6.91. The fourth-order valence-electron chi connectivity index (χ4n) is 2.14. The molecule has 1 aliphatic heterocycles. The quantitative estimate of drug-likeness (QED) is 0.714. The summed E-state index contributed by atoms with van der Waals surface area (Å²) in [7, 11) is 0. The van der Waals surface area contributed by atoms with Gasteiger partial charge in [0.2, 0.25) is 11.8 Å². The van der Waals surface area contributed by atoms with Crippen LogP contribution in [0.25, 0.3) is 0 Å². The van der Waals surface area contributed by atoms with Gasteiger partial charge in [-0.15, -0.1) is 0 Å². The Morgan fingerprint density at radius 3 is 2.00 bits per heavy atom. The Hall–Kier alpha value is -1.14. The number of nitrogens with one attached hydrogen (secondary N) is 1. The predicted molar refractivity (Wildman–Crippen MR) is 74.5 cm³/mol. The fraction of sp³-hybridized carbons (Fsp3) is 0.846. The molecule has 6 nitrogen and oxygen atoms in total. The number of carbonyl (C=O) groups is 2. The lowest BCUT2D eigenvalue weighted by molar-refractivity contribution is -0.137. The third-order valence-electron chi connectivity index (χ3n) is 3.50. The van der Waals surface area contributed by atoms with Gasteiger partial charge < -0.3 is 16.0 Å².